The van der Waals surface area contributed by atoms with E-state index in [1.165, 1.54) is 0 Å². The maximum Gasteiger partial charge on any atom is 0.212 e. The predicted octanol–water partition coefficient (Wildman–Crippen LogP) is 1.86. The Balaban J connectivity index is 4.39. The van der Waals surface area contributed by atoms with E-state index in [1.807, 2.05) is 13.8 Å². The molecule has 0 aromatic heterocycles. The Morgan fingerprint density at radius 1 is 1.06 bits per heavy atom. The van der Waals surface area contributed by atoms with Crippen LogP contribution < -0.4 is 10.5 Å². The minimum atomic E-state index is -3.19. The van der Waals surface area contributed by atoms with Gasteiger partial charge >= 0.3 is 0 Å². The van der Waals surface area contributed by atoms with Gasteiger partial charge in [0.05, 0.1) is 5.75 Å². The van der Waals surface area contributed by atoms with Crippen LogP contribution in [-0.4, -0.2) is 26.3 Å². The molecule has 0 aliphatic carbocycles. The van der Waals surface area contributed by atoms with Crippen molar-refractivity contribution in [2.45, 2.75) is 59.4 Å². The lowest BCUT2D eigenvalue weighted by Crippen LogP contribution is -2.46. The van der Waals surface area contributed by atoms with Crippen LogP contribution in [0.4, 0.5) is 0 Å². The quantitative estimate of drug-likeness (QED) is 0.689. The summed E-state index contributed by atoms with van der Waals surface area (Å²) in [6.07, 6.45) is 2.17. The number of sulfonamides is 1. The first-order chi connectivity index (χ1) is 7.47. The summed E-state index contributed by atoms with van der Waals surface area (Å²) in [6.45, 7) is 10.7. The molecule has 104 valence electrons. The molecule has 0 fully saturated rings. The lowest BCUT2D eigenvalue weighted by atomic mass is 9.82. The maximum atomic E-state index is 11.9. The number of unbranched alkanes of at least 4 members (excludes halogenated alkanes) is 1. The third-order valence-electron chi connectivity index (χ3n) is 2.27. The van der Waals surface area contributed by atoms with Crippen LogP contribution >= 0.6 is 0 Å². The summed E-state index contributed by atoms with van der Waals surface area (Å²) in [7, 11) is -3.19. The van der Waals surface area contributed by atoms with E-state index in [2.05, 4.69) is 25.5 Å². The van der Waals surface area contributed by atoms with E-state index in [0.29, 0.717) is 13.0 Å². The highest BCUT2D eigenvalue weighted by atomic mass is 32.2. The van der Waals surface area contributed by atoms with Gasteiger partial charge in [-0.1, -0.05) is 20.8 Å². The molecule has 4 nitrogen and oxygen atoms in total. The molecule has 0 aliphatic rings. The van der Waals surface area contributed by atoms with Crippen LogP contribution in [0.2, 0.25) is 0 Å². The van der Waals surface area contributed by atoms with Gasteiger partial charge < -0.3 is 5.73 Å². The molecule has 0 radical (unpaired) electrons. The molecule has 0 aliphatic heterocycles. The van der Waals surface area contributed by atoms with Gasteiger partial charge in [0, 0.05) is 5.54 Å². The number of hydrogen-bond donors (Lipinski definition) is 2. The van der Waals surface area contributed by atoms with E-state index in [1.54, 1.807) is 0 Å². The van der Waals surface area contributed by atoms with Gasteiger partial charge in [-0.2, -0.15) is 0 Å². The second-order valence-corrected chi connectivity index (χ2v) is 8.38. The fourth-order valence-electron chi connectivity index (χ4n) is 2.27. The van der Waals surface area contributed by atoms with Crippen LogP contribution in [0.1, 0.15) is 53.9 Å². The molecule has 0 aromatic carbocycles. The van der Waals surface area contributed by atoms with Gasteiger partial charge in [-0.25, -0.2) is 13.1 Å². The fraction of sp³-hybridized carbons (Fsp3) is 1.00. The van der Waals surface area contributed by atoms with Crippen molar-refractivity contribution < 1.29 is 8.42 Å². The molecule has 5 heteroatoms. The Morgan fingerprint density at radius 3 is 2.00 bits per heavy atom. The summed E-state index contributed by atoms with van der Waals surface area (Å²) in [5.74, 6) is 0.164. The Kier molecular flexibility index (Phi) is 6.11. The lowest BCUT2D eigenvalue weighted by molar-refractivity contribution is 0.269. The van der Waals surface area contributed by atoms with Crippen LogP contribution in [0.25, 0.3) is 0 Å². The molecule has 0 heterocycles. The lowest BCUT2D eigenvalue weighted by Gasteiger charge is -2.33. The van der Waals surface area contributed by atoms with Crippen molar-refractivity contribution in [3.63, 3.8) is 0 Å². The van der Waals surface area contributed by atoms with E-state index in [0.717, 1.165) is 12.8 Å². The topological polar surface area (TPSA) is 72.2 Å². The largest absolute Gasteiger partial charge is 0.330 e. The SMILES string of the molecule is CC(C)(C)CC(C)(C)NS(=O)(=O)CCCCN. The normalized spacial score (nSPS) is 14.0. The van der Waals surface area contributed by atoms with Crippen molar-refractivity contribution in [2.75, 3.05) is 12.3 Å². The fourth-order valence-corrected chi connectivity index (χ4v) is 3.87. The average molecular weight is 264 g/mol. The minimum Gasteiger partial charge on any atom is -0.330 e. The highest BCUT2D eigenvalue weighted by Crippen LogP contribution is 2.27. The van der Waals surface area contributed by atoms with Crippen molar-refractivity contribution in [1.29, 1.82) is 0 Å². The summed E-state index contributed by atoms with van der Waals surface area (Å²) < 4.78 is 26.5. The monoisotopic (exact) mass is 264 g/mol. The van der Waals surface area contributed by atoms with Crippen LogP contribution in [-0.2, 0) is 10.0 Å². The second kappa shape index (κ2) is 6.16. The van der Waals surface area contributed by atoms with Gasteiger partial charge in [-0.05, 0) is 45.1 Å². The number of nitrogens with two attached hydrogens (primary N) is 1. The summed E-state index contributed by atoms with van der Waals surface area (Å²) in [4.78, 5) is 0. The Labute approximate surface area is 106 Å². The molecule has 0 saturated heterocycles. The van der Waals surface area contributed by atoms with E-state index < -0.39 is 15.6 Å². The first-order valence-electron chi connectivity index (χ1n) is 6.19. The molecule has 0 unspecified atom stereocenters. The molecule has 0 atom stereocenters. The molecular weight excluding hydrogens is 236 g/mol. The average Bonchev–Trinajstić information content (AvgIpc) is 1.96. The standard InChI is InChI=1S/C12H28N2O2S/c1-11(2,3)10-12(4,5)14-17(15,16)9-7-6-8-13/h14H,6-10,13H2,1-5H3. The summed E-state index contributed by atoms with van der Waals surface area (Å²) in [6, 6.07) is 0. The van der Waals surface area contributed by atoms with Crippen molar-refractivity contribution in [3.8, 4) is 0 Å². The van der Waals surface area contributed by atoms with Gasteiger partial charge in [-0.3, -0.25) is 0 Å². The minimum absolute atomic E-state index is 0.100. The smallest absolute Gasteiger partial charge is 0.212 e. The zero-order valence-corrected chi connectivity index (χ0v) is 12.7. The van der Waals surface area contributed by atoms with E-state index in [9.17, 15) is 8.42 Å². The van der Waals surface area contributed by atoms with Gasteiger partial charge in [-0.15, -0.1) is 0 Å². The van der Waals surface area contributed by atoms with E-state index in [4.69, 9.17) is 5.73 Å². The molecule has 0 amide bonds. The number of hydrogen-bond acceptors (Lipinski definition) is 3. The van der Waals surface area contributed by atoms with E-state index in [-0.39, 0.29) is 11.2 Å². The predicted molar refractivity (Wildman–Crippen MR) is 73.4 cm³/mol. The van der Waals surface area contributed by atoms with Gasteiger partial charge in [0.15, 0.2) is 0 Å². The van der Waals surface area contributed by atoms with Crippen LogP contribution in [0, 0.1) is 5.41 Å². The van der Waals surface area contributed by atoms with Crippen molar-refractivity contribution in [3.05, 3.63) is 0 Å². The molecule has 0 aromatic rings. The molecule has 0 bridgehead atoms. The number of nitrogens with one attached hydrogen (secondary N) is 1. The second-order valence-electron chi connectivity index (χ2n) is 6.54. The van der Waals surface area contributed by atoms with Gasteiger partial charge in [0.2, 0.25) is 10.0 Å². The Bertz CT molecular complexity index is 316. The van der Waals surface area contributed by atoms with Gasteiger partial charge in [0.1, 0.15) is 0 Å². The van der Waals surface area contributed by atoms with Crippen LogP contribution in [0.3, 0.4) is 0 Å². The zero-order valence-electron chi connectivity index (χ0n) is 11.8. The molecule has 17 heavy (non-hydrogen) atoms. The zero-order chi connectivity index (χ0) is 13.7. The van der Waals surface area contributed by atoms with Crippen LogP contribution in [0.15, 0.2) is 0 Å². The molecular formula is C12H28N2O2S. The third-order valence-corrected chi connectivity index (χ3v) is 3.96. The van der Waals surface area contributed by atoms with Crippen molar-refractivity contribution in [2.24, 2.45) is 11.1 Å². The Hall–Kier alpha value is -0.130. The third kappa shape index (κ3) is 9.56. The first-order valence-corrected chi connectivity index (χ1v) is 7.84. The van der Waals surface area contributed by atoms with Crippen molar-refractivity contribution in [1.82, 2.24) is 4.72 Å². The van der Waals surface area contributed by atoms with Crippen LogP contribution in [0.5, 0.6) is 0 Å². The Morgan fingerprint density at radius 2 is 1.59 bits per heavy atom. The molecule has 0 spiro atoms. The first kappa shape index (κ1) is 16.9. The highest BCUT2D eigenvalue weighted by Gasteiger charge is 2.29. The van der Waals surface area contributed by atoms with Gasteiger partial charge in [0.25, 0.3) is 0 Å². The molecule has 0 rings (SSSR count). The maximum absolute atomic E-state index is 11.9. The highest BCUT2D eigenvalue weighted by molar-refractivity contribution is 7.89. The van der Waals surface area contributed by atoms with E-state index >= 15 is 0 Å². The summed E-state index contributed by atoms with van der Waals surface area (Å²) in [5.41, 5.74) is 5.05. The number of rotatable bonds is 7. The summed E-state index contributed by atoms with van der Waals surface area (Å²) >= 11 is 0. The summed E-state index contributed by atoms with van der Waals surface area (Å²) in [5, 5.41) is 0. The van der Waals surface area contributed by atoms with Crippen molar-refractivity contribution >= 4 is 10.0 Å². The molecule has 0 saturated carbocycles. The molecule has 3 N–H and O–H groups in total.